The molecule has 4 rings (SSSR count). The highest BCUT2D eigenvalue weighted by molar-refractivity contribution is 7.22. The van der Waals surface area contributed by atoms with Gasteiger partial charge in [0.15, 0.2) is 5.13 Å². The van der Waals surface area contributed by atoms with E-state index in [4.69, 9.17) is 9.40 Å². The number of benzene rings is 1. The van der Waals surface area contributed by atoms with Gasteiger partial charge in [0.2, 0.25) is 0 Å². The second-order valence-electron chi connectivity index (χ2n) is 6.97. The number of hydrogen-bond donors (Lipinski definition) is 0. The minimum absolute atomic E-state index is 0.131. The van der Waals surface area contributed by atoms with Gasteiger partial charge in [-0.3, -0.25) is 14.7 Å². The number of carbonyl (C=O) groups is 1. The highest BCUT2D eigenvalue weighted by Crippen LogP contribution is 2.34. The number of amides is 1. The summed E-state index contributed by atoms with van der Waals surface area (Å²) in [6.07, 6.45) is 1.73. The highest BCUT2D eigenvalue weighted by Gasteiger charge is 2.25. The molecule has 142 valence electrons. The molecule has 3 heterocycles. The number of thiazole rings is 1. The Bertz CT molecular complexity index is 1160. The lowest BCUT2D eigenvalue weighted by Crippen LogP contribution is -2.30. The lowest BCUT2D eigenvalue weighted by molar-refractivity contribution is 0.0983. The molecule has 1 aromatic carbocycles. The fourth-order valence-corrected chi connectivity index (χ4v) is 4.36. The van der Waals surface area contributed by atoms with E-state index in [-0.39, 0.29) is 5.91 Å². The summed E-state index contributed by atoms with van der Waals surface area (Å²) in [7, 11) is 0. The first-order chi connectivity index (χ1) is 13.4. The zero-order chi connectivity index (χ0) is 19.8. The van der Waals surface area contributed by atoms with Crippen LogP contribution >= 0.6 is 11.3 Å². The number of carbonyl (C=O) groups excluding carboxylic acids is 1. The highest BCUT2D eigenvalue weighted by atomic mass is 32.1. The molecule has 0 saturated carbocycles. The Morgan fingerprint density at radius 2 is 1.96 bits per heavy atom. The third kappa shape index (κ3) is 3.43. The molecule has 28 heavy (non-hydrogen) atoms. The van der Waals surface area contributed by atoms with E-state index in [1.807, 2.05) is 32.0 Å². The fraction of sp³-hybridized carbons (Fsp3) is 0.227. The predicted octanol–water partition coefficient (Wildman–Crippen LogP) is 5.36. The van der Waals surface area contributed by atoms with E-state index in [0.717, 1.165) is 27.2 Å². The normalized spacial score (nSPS) is 11.1. The van der Waals surface area contributed by atoms with E-state index in [0.29, 0.717) is 23.0 Å². The van der Waals surface area contributed by atoms with E-state index in [2.05, 4.69) is 31.0 Å². The summed E-state index contributed by atoms with van der Waals surface area (Å²) in [5, 5.41) is 0.664. The molecule has 0 atom stereocenters. The van der Waals surface area contributed by atoms with E-state index < -0.39 is 0 Å². The van der Waals surface area contributed by atoms with Crippen LogP contribution in [0.3, 0.4) is 0 Å². The summed E-state index contributed by atoms with van der Waals surface area (Å²) in [5.41, 5.74) is 4.60. The van der Waals surface area contributed by atoms with E-state index in [1.54, 1.807) is 17.2 Å². The van der Waals surface area contributed by atoms with Crippen molar-refractivity contribution < 1.29 is 9.21 Å². The topological polar surface area (TPSA) is 59.2 Å². The van der Waals surface area contributed by atoms with E-state index in [1.165, 1.54) is 16.9 Å². The summed E-state index contributed by atoms with van der Waals surface area (Å²) in [4.78, 5) is 24.3. The first kappa shape index (κ1) is 18.4. The number of aromatic nitrogens is 2. The maximum absolute atomic E-state index is 13.4. The molecule has 0 bridgehead atoms. The van der Waals surface area contributed by atoms with Crippen LogP contribution in [0.1, 0.15) is 38.7 Å². The summed E-state index contributed by atoms with van der Waals surface area (Å²) < 4.78 is 6.68. The van der Waals surface area contributed by atoms with E-state index >= 15 is 0 Å². The largest absolute Gasteiger partial charge is 0.466 e. The molecule has 0 unspecified atom stereocenters. The Morgan fingerprint density at radius 1 is 1.14 bits per heavy atom. The molecular formula is C22H21N3O2S. The zero-order valence-corrected chi connectivity index (χ0v) is 17.1. The number of furan rings is 1. The smallest absolute Gasteiger partial charge is 0.263 e. The van der Waals surface area contributed by atoms with Gasteiger partial charge in [-0.05, 0) is 63.1 Å². The van der Waals surface area contributed by atoms with Crippen LogP contribution in [0.2, 0.25) is 0 Å². The van der Waals surface area contributed by atoms with Crippen LogP contribution < -0.4 is 4.90 Å². The maximum atomic E-state index is 13.4. The lowest BCUT2D eigenvalue weighted by Gasteiger charge is -2.19. The van der Waals surface area contributed by atoms with Gasteiger partial charge in [0.05, 0.1) is 28.0 Å². The van der Waals surface area contributed by atoms with Gasteiger partial charge in [-0.15, -0.1) is 0 Å². The van der Waals surface area contributed by atoms with Crippen molar-refractivity contribution in [2.75, 3.05) is 4.90 Å². The second-order valence-corrected chi connectivity index (χ2v) is 7.94. The second kappa shape index (κ2) is 7.20. The van der Waals surface area contributed by atoms with Crippen molar-refractivity contribution in [2.45, 2.75) is 34.2 Å². The zero-order valence-electron chi connectivity index (χ0n) is 16.3. The van der Waals surface area contributed by atoms with Gasteiger partial charge in [-0.1, -0.05) is 23.5 Å². The molecule has 6 heteroatoms. The number of pyridine rings is 1. The van der Waals surface area contributed by atoms with Crippen molar-refractivity contribution in [1.29, 1.82) is 0 Å². The molecule has 5 nitrogen and oxygen atoms in total. The number of hydrogen-bond acceptors (Lipinski definition) is 5. The number of anilines is 1. The Hall–Kier alpha value is -2.99. The third-order valence-electron chi connectivity index (χ3n) is 4.60. The van der Waals surface area contributed by atoms with Gasteiger partial charge in [0, 0.05) is 6.20 Å². The fourth-order valence-electron chi connectivity index (χ4n) is 3.35. The molecule has 0 saturated heterocycles. The van der Waals surface area contributed by atoms with Gasteiger partial charge in [-0.2, -0.15) is 0 Å². The van der Waals surface area contributed by atoms with Crippen molar-refractivity contribution in [1.82, 2.24) is 9.97 Å². The van der Waals surface area contributed by atoms with Crippen molar-refractivity contribution in [2.24, 2.45) is 0 Å². The van der Waals surface area contributed by atoms with Crippen LogP contribution in [0.15, 0.2) is 47.0 Å². The van der Waals surface area contributed by atoms with Crippen LogP contribution in [0.5, 0.6) is 0 Å². The molecule has 0 fully saturated rings. The molecule has 1 amide bonds. The summed E-state index contributed by atoms with van der Waals surface area (Å²) in [6.45, 7) is 8.13. The Kier molecular flexibility index (Phi) is 4.73. The van der Waals surface area contributed by atoms with Crippen LogP contribution in [0.4, 0.5) is 5.13 Å². The van der Waals surface area contributed by atoms with Gasteiger partial charge >= 0.3 is 0 Å². The average molecular weight is 391 g/mol. The minimum Gasteiger partial charge on any atom is -0.466 e. The van der Waals surface area contributed by atoms with Crippen molar-refractivity contribution in [3.05, 3.63) is 76.5 Å². The number of rotatable bonds is 4. The summed E-state index contributed by atoms with van der Waals surface area (Å²) >= 11 is 1.53. The molecule has 3 aromatic heterocycles. The molecule has 0 N–H and O–H groups in total. The Morgan fingerprint density at radius 3 is 2.64 bits per heavy atom. The predicted molar refractivity (Wildman–Crippen MR) is 112 cm³/mol. The maximum Gasteiger partial charge on any atom is 0.263 e. The van der Waals surface area contributed by atoms with Gasteiger partial charge < -0.3 is 4.42 Å². The monoisotopic (exact) mass is 391 g/mol. The van der Waals surface area contributed by atoms with Crippen LogP contribution in [0.25, 0.3) is 10.2 Å². The van der Waals surface area contributed by atoms with Gasteiger partial charge in [0.1, 0.15) is 11.5 Å². The Labute approximate surface area is 167 Å². The lowest BCUT2D eigenvalue weighted by atomic mass is 10.1. The number of fused-ring (bicyclic) bond motifs is 1. The molecular weight excluding hydrogens is 370 g/mol. The standard InChI is InChI=1S/C22H21N3O2S/c1-13-9-14(2)20-19(10-13)24-22(28-20)25(12-17-7-5-6-8-23-17)21(26)18-11-15(3)27-16(18)4/h5-11H,12H2,1-4H3. The SMILES string of the molecule is Cc1cc(C)c2sc(N(Cc3ccccn3)C(=O)c3cc(C)oc3C)nc2c1. The van der Waals surface area contributed by atoms with Crippen LogP contribution in [-0.2, 0) is 6.54 Å². The van der Waals surface area contributed by atoms with Crippen molar-refractivity contribution in [3.63, 3.8) is 0 Å². The molecule has 0 aliphatic heterocycles. The van der Waals surface area contributed by atoms with Gasteiger partial charge in [-0.25, -0.2) is 4.98 Å². The van der Waals surface area contributed by atoms with Gasteiger partial charge in [0.25, 0.3) is 5.91 Å². The molecule has 0 spiro atoms. The number of aryl methyl sites for hydroxylation is 4. The first-order valence-electron chi connectivity index (χ1n) is 9.09. The summed E-state index contributed by atoms with van der Waals surface area (Å²) in [5.74, 6) is 1.20. The third-order valence-corrected chi connectivity index (χ3v) is 5.83. The van der Waals surface area contributed by atoms with Crippen molar-refractivity contribution in [3.8, 4) is 0 Å². The molecule has 0 aliphatic carbocycles. The molecule has 4 aromatic rings. The number of nitrogens with zero attached hydrogens (tertiary/aromatic N) is 3. The molecule has 0 radical (unpaired) electrons. The van der Waals surface area contributed by atoms with Crippen LogP contribution in [0, 0.1) is 27.7 Å². The Balaban J connectivity index is 1.82. The van der Waals surface area contributed by atoms with E-state index in [9.17, 15) is 4.79 Å². The first-order valence-corrected chi connectivity index (χ1v) is 9.90. The van der Waals surface area contributed by atoms with Crippen LogP contribution in [-0.4, -0.2) is 15.9 Å². The summed E-state index contributed by atoms with van der Waals surface area (Å²) in [6, 6.07) is 11.7. The molecule has 0 aliphatic rings. The average Bonchev–Trinajstić information content (AvgIpc) is 3.22. The van der Waals surface area contributed by atoms with Crippen molar-refractivity contribution >= 4 is 32.6 Å². The quantitative estimate of drug-likeness (QED) is 0.469. The minimum atomic E-state index is -0.131.